The predicted molar refractivity (Wildman–Crippen MR) is 64.0 cm³/mol. The summed E-state index contributed by atoms with van der Waals surface area (Å²) in [6, 6.07) is 0.504. The van der Waals surface area contributed by atoms with E-state index in [1.54, 1.807) is 0 Å². The number of hydrogen-bond acceptors (Lipinski definition) is 3. The van der Waals surface area contributed by atoms with Gasteiger partial charge in [0.25, 0.3) is 0 Å². The van der Waals surface area contributed by atoms with Gasteiger partial charge in [0.2, 0.25) is 0 Å². The second-order valence-electron chi connectivity index (χ2n) is 5.83. The highest BCUT2D eigenvalue weighted by Gasteiger charge is 2.45. The lowest BCUT2D eigenvalue weighted by molar-refractivity contribution is -0.0800. The Morgan fingerprint density at radius 3 is 2.44 bits per heavy atom. The van der Waals surface area contributed by atoms with Crippen LogP contribution in [-0.2, 0) is 9.47 Å². The van der Waals surface area contributed by atoms with Gasteiger partial charge < -0.3 is 9.47 Å². The molecule has 16 heavy (non-hydrogen) atoms. The summed E-state index contributed by atoms with van der Waals surface area (Å²) in [7, 11) is 0. The smallest absolute Gasteiger partial charge is 0.115 e. The molecular weight excluding hydrogens is 202 g/mol. The molecule has 2 rings (SSSR count). The minimum absolute atomic E-state index is 0.268. The first-order chi connectivity index (χ1) is 7.59. The molecule has 2 heterocycles. The van der Waals surface area contributed by atoms with E-state index in [-0.39, 0.29) is 6.23 Å². The average molecular weight is 227 g/mol. The fourth-order valence-electron chi connectivity index (χ4n) is 2.68. The Bertz CT molecular complexity index is 230. The third-order valence-corrected chi connectivity index (χ3v) is 3.55. The van der Waals surface area contributed by atoms with Crippen LogP contribution in [0.15, 0.2) is 0 Å². The van der Waals surface area contributed by atoms with Crippen molar-refractivity contribution in [2.45, 2.75) is 59.0 Å². The van der Waals surface area contributed by atoms with Crippen LogP contribution in [0.25, 0.3) is 0 Å². The standard InChI is InChI=1S/C13H25NO2/c1-9(2)5-6-12-14-11(7-15-12)8-16-13(14)10(3)4/h9-13H,5-8H2,1-4H3. The van der Waals surface area contributed by atoms with Crippen molar-refractivity contribution in [3.8, 4) is 0 Å². The lowest BCUT2D eigenvalue weighted by Crippen LogP contribution is -2.42. The minimum Gasteiger partial charge on any atom is -0.361 e. The second kappa shape index (κ2) is 5.03. The molecule has 0 bridgehead atoms. The Labute approximate surface area is 99.1 Å². The van der Waals surface area contributed by atoms with E-state index in [0.29, 0.717) is 18.2 Å². The van der Waals surface area contributed by atoms with Gasteiger partial charge in [0, 0.05) is 0 Å². The molecule has 3 nitrogen and oxygen atoms in total. The number of fused-ring (bicyclic) bond motifs is 1. The SMILES string of the molecule is CC(C)CCC1OCC2COC(C(C)C)N21. The van der Waals surface area contributed by atoms with E-state index in [2.05, 4.69) is 32.6 Å². The number of hydrogen-bond donors (Lipinski definition) is 0. The third-order valence-electron chi connectivity index (χ3n) is 3.55. The summed E-state index contributed by atoms with van der Waals surface area (Å²) in [5.41, 5.74) is 0. The summed E-state index contributed by atoms with van der Waals surface area (Å²) in [4.78, 5) is 2.47. The molecule has 0 aliphatic carbocycles. The molecule has 0 spiro atoms. The zero-order valence-electron chi connectivity index (χ0n) is 11.0. The zero-order chi connectivity index (χ0) is 11.7. The van der Waals surface area contributed by atoms with Gasteiger partial charge in [-0.3, -0.25) is 0 Å². The van der Waals surface area contributed by atoms with E-state index >= 15 is 0 Å². The summed E-state index contributed by atoms with van der Waals surface area (Å²) < 4.78 is 11.8. The van der Waals surface area contributed by atoms with E-state index in [9.17, 15) is 0 Å². The van der Waals surface area contributed by atoms with E-state index in [4.69, 9.17) is 9.47 Å². The van der Waals surface area contributed by atoms with Crippen LogP contribution in [0.3, 0.4) is 0 Å². The summed E-state index contributed by atoms with van der Waals surface area (Å²) >= 11 is 0. The van der Waals surface area contributed by atoms with Crippen LogP contribution in [0.5, 0.6) is 0 Å². The van der Waals surface area contributed by atoms with Gasteiger partial charge in [0.1, 0.15) is 12.5 Å². The quantitative estimate of drug-likeness (QED) is 0.736. The van der Waals surface area contributed by atoms with Gasteiger partial charge in [-0.2, -0.15) is 0 Å². The second-order valence-corrected chi connectivity index (χ2v) is 5.83. The van der Waals surface area contributed by atoms with Crippen molar-refractivity contribution in [2.24, 2.45) is 11.8 Å². The Kier molecular flexibility index (Phi) is 3.88. The number of ether oxygens (including phenoxy) is 2. The molecule has 3 heteroatoms. The zero-order valence-corrected chi connectivity index (χ0v) is 11.0. The van der Waals surface area contributed by atoms with Crippen molar-refractivity contribution in [3.05, 3.63) is 0 Å². The van der Waals surface area contributed by atoms with E-state index in [1.807, 2.05) is 0 Å². The maximum Gasteiger partial charge on any atom is 0.115 e. The molecule has 3 atom stereocenters. The molecule has 2 saturated heterocycles. The van der Waals surface area contributed by atoms with Crippen LogP contribution in [-0.4, -0.2) is 36.6 Å². The molecule has 3 unspecified atom stereocenters. The molecule has 0 aromatic heterocycles. The summed E-state index contributed by atoms with van der Waals surface area (Å²) in [5, 5.41) is 0. The minimum atomic E-state index is 0.268. The van der Waals surface area contributed by atoms with Gasteiger partial charge in [-0.05, 0) is 24.7 Å². The fourth-order valence-corrected chi connectivity index (χ4v) is 2.68. The van der Waals surface area contributed by atoms with E-state index in [1.165, 1.54) is 6.42 Å². The van der Waals surface area contributed by atoms with Crippen LogP contribution >= 0.6 is 0 Å². The number of nitrogens with zero attached hydrogens (tertiary/aromatic N) is 1. The molecule has 2 aliphatic rings. The van der Waals surface area contributed by atoms with Crippen LogP contribution in [0.1, 0.15) is 40.5 Å². The van der Waals surface area contributed by atoms with Gasteiger partial charge >= 0.3 is 0 Å². The van der Waals surface area contributed by atoms with Crippen molar-refractivity contribution in [1.29, 1.82) is 0 Å². The highest BCUT2D eigenvalue weighted by Crippen LogP contribution is 2.33. The topological polar surface area (TPSA) is 21.7 Å². The summed E-state index contributed by atoms with van der Waals surface area (Å²) in [6.45, 7) is 10.7. The first-order valence-electron chi connectivity index (χ1n) is 6.60. The van der Waals surface area contributed by atoms with Gasteiger partial charge in [-0.15, -0.1) is 0 Å². The molecule has 94 valence electrons. The van der Waals surface area contributed by atoms with Crippen molar-refractivity contribution in [3.63, 3.8) is 0 Å². The maximum atomic E-state index is 5.90. The van der Waals surface area contributed by atoms with Crippen molar-refractivity contribution in [2.75, 3.05) is 13.2 Å². The van der Waals surface area contributed by atoms with Gasteiger partial charge in [0.05, 0.1) is 19.3 Å². The molecule has 0 amide bonds. The summed E-state index contributed by atoms with van der Waals surface area (Å²) in [5.74, 6) is 1.30. The highest BCUT2D eigenvalue weighted by atomic mass is 16.6. The molecule has 0 saturated carbocycles. The molecule has 0 radical (unpaired) electrons. The first-order valence-corrected chi connectivity index (χ1v) is 6.60. The van der Waals surface area contributed by atoms with Gasteiger partial charge in [0.15, 0.2) is 0 Å². The molecule has 2 aliphatic heterocycles. The molecular formula is C13H25NO2. The lowest BCUT2D eigenvalue weighted by Gasteiger charge is -2.30. The van der Waals surface area contributed by atoms with E-state index < -0.39 is 0 Å². The Morgan fingerprint density at radius 2 is 1.81 bits per heavy atom. The van der Waals surface area contributed by atoms with Crippen LogP contribution in [0.2, 0.25) is 0 Å². The summed E-state index contributed by atoms with van der Waals surface area (Å²) in [6.07, 6.45) is 2.94. The highest BCUT2D eigenvalue weighted by molar-refractivity contribution is 4.89. The Morgan fingerprint density at radius 1 is 1.12 bits per heavy atom. The fraction of sp³-hybridized carbons (Fsp3) is 1.00. The maximum absolute atomic E-state index is 5.90. The molecule has 0 N–H and O–H groups in total. The van der Waals surface area contributed by atoms with Crippen LogP contribution in [0.4, 0.5) is 0 Å². The van der Waals surface area contributed by atoms with E-state index in [0.717, 1.165) is 25.6 Å². The van der Waals surface area contributed by atoms with Crippen LogP contribution in [0, 0.1) is 11.8 Å². The Hall–Kier alpha value is -0.120. The normalized spacial score (nSPS) is 35.2. The lowest BCUT2D eigenvalue weighted by atomic mass is 10.1. The van der Waals surface area contributed by atoms with Crippen molar-refractivity contribution in [1.82, 2.24) is 4.90 Å². The molecule has 0 aromatic carbocycles. The Balaban J connectivity index is 1.94. The van der Waals surface area contributed by atoms with Gasteiger partial charge in [-0.25, -0.2) is 4.90 Å². The first kappa shape index (κ1) is 12.3. The van der Waals surface area contributed by atoms with Crippen LogP contribution < -0.4 is 0 Å². The number of rotatable bonds is 4. The van der Waals surface area contributed by atoms with Crippen molar-refractivity contribution < 1.29 is 9.47 Å². The van der Waals surface area contributed by atoms with Gasteiger partial charge in [-0.1, -0.05) is 27.7 Å². The molecule has 0 aromatic rings. The largest absolute Gasteiger partial charge is 0.361 e. The third kappa shape index (κ3) is 2.41. The monoisotopic (exact) mass is 227 g/mol. The average Bonchev–Trinajstić information content (AvgIpc) is 2.74. The van der Waals surface area contributed by atoms with Crippen molar-refractivity contribution >= 4 is 0 Å². The predicted octanol–water partition coefficient (Wildman–Crippen LogP) is 2.46. The molecule has 2 fully saturated rings.